The van der Waals surface area contributed by atoms with E-state index in [1.807, 2.05) is 0 Å². The van der Waals surface area contributed by atoms with Gasteiger partial charge in [0, 0.05) is 6.42 Å². The van der Waals surface area contributed by atoms with Crippen LogP contribution in [-0.4, -0.2) is 23.2 Å². The van der Waals surface area contributed by atoms with E-state index in [2.05, 4.69) is 12.2 Å². The Kier molecular flexibility index (Phi) is 7.25. The van der Waals surface area contributed by atoms with Gasteiger partial charge < -0.3 is 10.4 Å². The lowest BCUT2D eigenvalue weighted by atomic mass is 9.92. The van der Waals surface area contributed by atoms with Gasteiger partial charge in [-0.2, -0.15) is 0 Å². The fourth-order valence-corrected chi connectivity index (χ4v) is 2.45. The van der Waals surface area contributed by atoms with E-state index in [1.54, 1.807) is 0 Å². The number of aliphatic hydroxyl groups excluding tert-OH is 1. The number of carbonyl (C=O) groups excluding carboxylic acids is 1. The Balaban J connectivity index is 2.07. The van der Waals surface area contributed by atoms with E-state index in [0.717, 1.165) is 38.5 Å². The molecule has 1 aliphatic rings. The lowest BCUT2D eigenvalue weighted by molar-refractivity contribution is -0.123. The van der Waals surface area contributed by atoms with Gasteiger partial charge in [-0.05, 0) is 19.3 Å². The van der Waals surface area contributed by atoms with Crippen LogP contribution in [0.2, 0.25) is 0 Å². The van der Waals surface area contributed by atoms with Crippen molar-refractivity contribution in [1.82, 2.24) is 5.32 Å². The van der Waals surface area contributed by atoms with Crippen molar-refractivity contribution in [1.29, 1.82) is 0 Å². The molecule has 17 heavy (non-hydrogen) atoms. The molecule has 100 valence electrons. The molecule has 1 fully saturated rings. The summed E-state index contributed by atoms with van der Waals surface area (Å²) in [5, 5.41) is 12.7. The zero-order valence-electron chi connectivity index (χ0n) is 11.1. The van der Waals surface area contributed by atoms with E-state index in [-0.39, 0.29) is 18.1 Å². The lowest BCUT2D eigenvalue weighted by Gasteiger charge is -2.28. The number of aliphatic hydroxyl groups is 1. The van der Waals surface area contributed by atoms with Gasteiger partial charge in [-0.15, -0.1) is 0 Å². The van der Waals surface area contributed by atoms with Crippen molar-refractivity contribution in [3.05, 3.63) is 0 Å². The third-order valence-corrected chi connectivity index (χ3v) is 3.58. The summed E-state index contributed by atoms with van der Waals surface area (Å²) in [6.45, 7) is 2.19. The van der Waals surface area contributed by atoms with Gasteiger partial charge in [0.05, 0.1) is 12.1 Å². The first kappa shape index (κ1) is 14.5. The van der Waals surface area contributed by atoms with Crippen molar-refractivity contribution in [3.8, 4) is 0 Å². The van der Waals surface area contributed by atoms with Gasteiger partial charge in [0.25, 0.3) is 0 Å². The first-order valence-electron chi connectivity index (χ1n) is 7.21. The molecular weight excluding hydrogens is 214 g/mol. The Morgan fingerprint density at radius 1 is 1.18 bits per heavy atom. The largest absolute Gasteiger partial charge is 0.391 e. The second-order valence-electron chi connectivity index (χ2n) is 5.19. The molecule has 3 heteroatoms. The molecular formula is C14H27NO2. The Labute approximate surface area is 105 Å². The van der Waals surface area contributed by atoms with Gasteiger partial charge in [0.1, 0.15) is 0 Å². The minimum atomic E-state index is -0.326. The SMILES string of the molecule is CCCCCCCC(=O)N[C@H]1CCCC[C@H]1O. The van der Waals surface area contributed by atoms with E-state index in [1.165, 1.54) is 19.3 Å². The number of amides is 1. The summed E-state index contributed by atoms with van der Waals surface area (Å²) >= 11 is 0. The number of carbonyl (C=O) groups is 1. The lowest BCUT2D eigenvalue weighted by Crippen LogP contribution is -2.44. The monoisotopic (exact) mass is 241 g/mol. The fourth-order valence-electron chi connectivity index (χ4n) is 2.45. The Bertz CT molecular complexity index is 218. The average Bonchev–Trinajstić information content (AvgIpc) is 2.32. The van der Waals surface area contributed by atoms with Gasteiger partial charge in [-0.25, -0.2) is 0 Å². The molecule has 1 saturated carbocycles. The summed E-state index contributed by atoms with van der Waals surface area (Å²) in [4.78, 5) is 11.7. The molecule has 0 heterocycles. The second kappa shape index (κ2) is 8.51. The van der Waals surface area contributed by atoms with Gasteiger partial charge in [0.2, 0.25) is 5.91 Å². The quantitative estimate of drug-likeness (QED) is 0.673. The summed E-state index contributed by atoms with van der Waals surface area (Å²) in [5.41, 5.74) is 0. The third-order valence-electron chi connectivity index (χ3n) is 3.58. The van der Waals surface area contributed by atoms with Crippen LogP contribution in [0.5, 0.6) is 0 Å². The van der Waals surface area contributed by atoms with E-state index in [9.17, 15) is 9.90 Å². The molecule has 0 unspecified atom stereocenters. The van der Waals surface area contributed by atoms with Gasteiger partial charge in [-0.3, -0.25) is 4.79 Å². The van der Waals surface area contributed by atoms with Crippen LogP contribution >= 0.6 is 0 Å². The van der Waals surface area contributed by atoms with Crippen LogP contribution in [0.15, 0.2) is 0 Å². The van der Waals surface area contributed by atoms with E-state index in [4.69, 9.17) is 0 Å². The minimum absolute atomic E-state index is 0.00638. The first-order valence-corrected chi connectivity index (χ1v) is 7.21. The summed E-state index contributed by atoms with van der Waals surface area (Å²) in [6, 6.07) is 0.00638. The molecule has 1 amide bonds. The molecule has 2 atom stereocenters. The molecule has 0 aromatic heterocycles. The van der Waals surface area contributed by atoms with E-state index < -0.39 is 0 Å². The van der Waals surface area contributed by atoms with Crippen LogP contribution in [0.25, 0.3) is 0 Å². The Morgan fingerprint density at radius 3 is 2.59 bits per heavy atom. The molecule has 0 aliphatic heterocycles. The number of unbranched alkanes of at least 4 members (excludes halogenated alkanes) is 4. The fraction of sp³-hybridized carbons (Fsp3) is 0.929. The highest BCUT2D eigenvalue weighted by molar-refractivity contribution is 5.76. The van der Waals surface area contributed by atoms with Crippen molar-refractivity contribution >= 4 is 5.91 Å². The molecule has 2 N–H and O–H groups in total. The number of hydrogen-bond acceptors (Lipinski definition) is 2. The molecule has 0 spiro atoms. The molecule has 1 rings (SSSR count). The Hall–Kier alpha value is -0.570. The zero-order valence-corrected chi connectivity index (χ0v) is 11.1. The Morgan fingerprint density at radius 2 is 1.88 bits per heavy atom. The molecule has 0 aromatic rings. The summed E-state index contributed by atoms with van der Waals surface area (Å²) in [5.74, 6) is 0.118. The average molecular weight is 241 g/mol. The molecule has 1 aliphatic carbocycles. The van der Waals surface area contributed by atoms with Crippen LogP contribution in [0, 0.1) is 0 Å². The molecule has 3 nitrogen and oxygen atoms in total. The van der Waals surface area contributed by atoms with Gasteiger partial charge >= 0.3 is 0 Å². The molecule has 0 aromatic carbocycles. The summed E-state index contributed by atoms with van der Waals surface area (Å²) < 4.78 is 0. The predicted molar refractivity (Wildman–Crippen MR) is 69.8 cm³/mol. The van der Waals surface area contributed by atoms with Crippen LogP contribution < -0.4 is 5.32 Å². The molecule has 0 bridgehead atoms. The standard InChI is InChI=1S/C14H27NO2/c1-2-3-4-5-6-11-14(17)15-12-9-7-8-10-13(12)16/h12-13,16H,2-11H2,1H3,(H,15,17)/t12-,13+/m0/s1. The van der Waals surface area contributed by atoms with Crippen molar-refractivity contribution in [2.24, 2.45) is 0 Å². The molecule has 0 saturated heterocycles. The first-order chi connectivity index (χ1) is 8.24. The van der Waals surface area contributed by atoms with Crippen LogP contribution in [0.3, 0.4) is 0 Å². The van der Waals surface area contributed by atoms with Crippen molar-refractivity contribution in [2.75, 3.05) is 0 Å². The highest BCUT2D eigenvalue weighted by atomic mass is 16.3. The van der Waals surface area contributed by atoms with Gasteiger partial charge in [0.15, 0.2) is 0 Å². The van der Waals surface area contributed by atoms with Crippen LogP contribution in [-0.2, 0) is 4.79 Å². The number of rotatable bonds is 7. The van der Waals surface area contributed by atoms with Gasteiger partial charge in [-0.1, -0.05) is 45.4 Å². The normalized spacial score (nSPS) is 24.6. The van der Waals surface area contributed by atoms with E-state index >= 15 is 0 Å². The second-order valence-corrected chi connectivity index (χ2v) is 5.19. The zero-order chi connectivity index (χ0) is 12.5. The smallest absolute Gasteiger partial charge is 0.220 e. The van der Waals surface area contributed by atoms with Crippen LogP contribution in [0.4, 0.5) is 0 Å². The third kappa shape index (κ3) is 6.06. The number of nitrogens with one attached hydrogen (secondary N) is 1. The van der Waals surface area contributed by atoms with E-state index in [0.29, 0.717) is 6.42 Å². The predicted octanol–water partition coefficient (Wildman–Crippen LogP) is 2.77. The maximum Gasteiger partial charge on any atom is 0.220 e. The van der Waals surface area contributed by atoms with Crippen LogP contribution in [0.1, 0.15) is 71.1 Å². The van der Waals surface area contributed by atoms with Crippen molar-refractivity contribution < 1.29 is 9.90 Å². The maximum absolute atomic E-state index is 11.7. The van der Waals surface area contributed by atoms with Crippen molar-refractivity contribution in [3.63, 3.8) is 0 Å². The topological polar surface area (TPSA) is 49.3 Å². The maximum atomic E-state index is 11.7. The molecule has 0 radical (unpaired) electrons. The summed E-state index contributed by atoms with van der Waals surface area (Å²) in [6.07, 6.45) is 10.1. The highest BCUT2D eigenvalue weighted by Crippen LogP contribution is 2.18. The minimum Gasteiger partial charge on any atom is -0.391 e. The summed E-state index contributed by atoms with van der Waals surface area (Å²) in [7, 11) is 0. The number of hydrogen-bond donors (Lipinski definition) is 2. The van der Waals surface area contributed by atoms with Crippen molar-refractivity contribution in [2.45, 2.75) is 83.3 Å². The highest BCUT2D eigenvalue weighted by Gasteiger charge is 2.23.